The number of aromatic nitrogens is 2. The Morgan fingerprint density at radius 3 is 3.29 bits per heavy atom. The molecule has 1 aliphatic rings. The number of carbonyl (C=O) groups is 1. The van der Waals surface area contributed by atoms with E-state index in [2.05, 4.69) is 15.5 Å². The average molecular weight is 237 g/mol. The third-order valence-electron chi connectivity index (χ3n) is 2.93. The molecule has 1 atom stereocenters. The Bertz CT molecular complexity index is 387. The topological polar surface area (TPSA) is 67.0 Å². The molecule has 0 bridgehead atoms. The van der Waals surface area contributed by atoms with Crippen LogP contribution in [0.5, 0.6) is 0 Å². The molecule has 2 rings (SSSR count). The first kappa shape index (κ1) is 12.1. The zero-order valence-corrected chi connectivity index (χ0v) is 10.3. The molecule has 0 fully saturated rings. The molecule has 1 aromatic rings. The third kappa shape index (κ3) is 3.30. The highest BCUT2D eigenvalue weighted by Crippen LogP contribution is 2.18. The molecular formula is C12H19N3O2. The van der Waals surface area contributed by atoms with E-state index in [0.717, 1.165) is 25.0 Å². The van der Waals surface area contributed by atoms with Gasteiger partial charge in [0.1, 0.15) is 6.61 Å². The molecule has 0 saturated heterocycles. The van der Waals surface area contributed by atoms with Crippen LogP contribution in [0, 0.1) is 0 Å². The molecule has 1 amide bonds. The SMILES string of the molecule is CC(C)OCC(=O)NC1CCc2cn[nH]c2C1. The molecule has 0 aliphatic heterocycles. The fourth-order valence-electron chi connectivity index (χ4n) is 2.04. The molecule has 1 unspecified atom stereocenters. The fraction of sp³-hybridized carbons (Fsp3) is 0.667. The summed E-state index contributed by atoms with van der Waals surface area (Å²) in [7, 11) is 0. The number of rotatable bonds is 4. The van der Waals surface area contributed by atoms with E-state index in [1.165, 1.54) is 5.56 Å². The Kier molecular flexibility index (Phi) is 3.78. The first-order chi connectivity index (χ1) is 8.15. The zero-order valence-electron chi connectivity index (χ0n) is 10.3. The second-order valence-corrected chi connectivity index (χ2v) is 4.74. The van der Waals surface area contributed by atoms with Gasteiger partial charge < -0.3 is 10.1 Å². The van der Waals surface area contributed by atoms with Gasteiger partial charge in [-0.05, 0) is 32.3 Å². The maximum atomic E-state index is 11.6. The summed E-state index contributed by atoms with van der Waals surface area (Å²) in [6.45, 7) is 3.99. The number of hydrogen-bond acceptors (Lipinski definition) is 3. The molecule has 17 heavy (non-hydrogen) atoms. The second kappa shape index (κ2) is 5.31. The normalized spacial score (nSPS) is 19.1. The van der Waals surface area contributed by atoms with E-state index in [-0.39, 0.29) is 24.7 Å². The van der Waals surface area contributed by atoms with Gasteiger partial charge in [0.25, 0.3) is 0 Å². The van der Waals surface area contributed by atoms with Crippen LogP contribution in [-0.4, -0.2) is 34.9 Å². The van der Waals surface area contributed by atoms with E-state index in [0.29, 0.717) is 0 Å². The van der Waals surface area contributed by atoms with Gasteiger partial charge in [-0.3, -0.25) is 9.89 Å². The number of aryl methyl sites for hydroxylation is 1. The molecule has 5 heteroatoms. The molecule has 1 heterocycles. The highest BCUT2D eigenvalue weighted by Gasteiger charge is 2.21. The van der Waals surface area contributed by atoms with Crippen LogP contribution in [0.4, 0.5) is 0 Å². The van der Waals surface area contributed by atoms with Crippen molar-refractivity contribution in [1.29, 1.82) is 0 Å². The van der Waals surface area contributed by atoms with E-state index in [4.69, 9.17) is 4.74 Å². The maximum Gasteiger partial charge on any atom is 0.246 e. The van der Waals surface area contributed by atoms with Crippen molar-refractivity contribution in [3.63, 3.8) is 0 Å². The van der Waals surface area contributed by atoms with Crippen molar-refractivity contribution in [3.05, 3.63) is 17.5 Å². The lowest BCUT2D eigenvalue weighted by Gasteiger charge is -2.22. The van der Waals surface area contributed by atoms with E-state index >= 15 is 0 Å². The molecular weight excluding hydrogens is 218 g/mol. The molecule has 0 saturated carbocycles. The first-order valence-electron chi connectivity index (χ1n) is 6.07. The van der Waals surface area contributed by atoms with Crippen molar-refractivity contribution >= 4 is 5.91 Å². The number of amides is 1. The smallest absolute Gasteiger partial charge is 0.246 e. The number of carbonyl (C=O) groups excluding carboxylic acids is 1. The molecule has 0 radical (unpaired) electrons. The highest BCUT2D eigenvalue weighted by molar-refractivity contribution is 5.77. The number of ether oxygens (including phenoxy) is 1. The standard InChI is InChI=1S/C12H19N3O2/c1-8(2)17-7-12(16)14-10-4-3-9-6-13-15-11(9)5-10/h6,8,10H,3-5,7H2,1-2H3,(H,13,15)(H,14,16). The van der Waals surface area contributed by atoms with Crippen molar-refractivity contribution in [1.82, 2.24) is 15.5 Å². The van der Waals surface area contributed by atoms with Crippen LogP contribution in [0.15, 0.2) is 6.20 Å². The van der Waals surface area contributed by atoms with Crippen LogP contribution in [0.25, 0.3) is 0 Å². The summed E-state index contributed by atoms with van der Waals surface area (Å²) in [5.74, 6) is -0.0355. The van der Waals surface area contributed by atoms with Gasteiger partial charge in [-0.2, -0.15) is 5.10 Å². The van der Waals surface area contributed by atoms with E-state index in [1.807, 2.05) is 20.0 Å². The van der Waals surface area contributed by atoms with Crippen molar-refractivity contribution < 1.29 is 9.53 Å². The Morgan fingerprint density at radius 2 is 2.53 bits per heavy atom. The van der Waals surface area contributed by atoms with Gasteiger partial charge in [0.05, 0.1) is 12.3 Å². The quantitative estimate of drug-likeness (QED) is 0.814. The first-order valence-corrected chi connectivity index (χ1v) is 6.07. The number of hydrogen-bond donors (Lipinski definition) is 2. The van der Waals surface area contributed by atoms with Crippen molar-refractivity contribution in [2.45, 2.75) is 45.3 Å². The second-order valence-electron chi connectivity index (χ2n) is 4.74. The Morgan fingerprint density at radius 1 is 1.71 bits per heavy atom. The van der Waals surface area contributed by atoms with E-state index < -0.39 is 0 Å². The predicted octanol–water partition coefficient (Wildman–Crippen LogP) is 0.808. The monoisotopic (exact) mass is 237 g/mol. The van der Waals surface area contributed by atoms with Crippen LogP contribution in [-0.2, 0) is 22.4 Å². The van der Waals surface area contributed by atoms with Crippen LogP contribution in [0.2, 0.25) is 0 Å². The van der Waals surface area contributed by atoms with Gasteiger partial charge in [0.15, 0.2) is 0 Å². The Labute approximate surface area is 101 Å². The molecule has 5 nitrogen and oxygen atoms in total. The van der Waals surface area contributed by atoms with Crippen molar-refractivity contribution in [2.24, 2.45) is 0 Å². The molecule has 1 aromatic heterocycles. The van der Waals surface area contributed by atoms with E-state index in [1.54, 1.807) is 0 Å². The largest absolute Gasteiger partial charge is 0.369 e. The Hall–Kier alpha value is -1.36. The number of aromatic amines is 1. The molecule has 0 spiro atoms. The van der Waals surface area contributed by atoms with Gasteiger partial charge in [-0.25, -0.2) is 0 Å². The number of nitrogens with zero attached hydrogens (tertiary/aromatic N) is 1. The lowest BCUT2D eigenvalue weighted by Crippen LogP contribution is -2.41. The average Bonchev–Trinajstić information content (AvgIpc) is 2.73. The summed E-state index contributed by atoms with van der Waals surface area (Å²) >= 11 is 0. The Balaban J connectivity index is 1.79. The lowest BCUT2D eigenvalue weighted by molar-refractivity contribution is -0.127. The van der Waals surface area contributed by atoms with Gasteiger partial charge >= 0.3 is 0 Å². The minimum atomic E-state index is -0.0355. The summed E-state index contributed by atoms with van der Waals surface area (Å²) in [5.41, 5.74) is 2.42. The fourth-order valence-corrected chi connectivity index (χ4v) is 2.04. The minimum Gasteiger partial charge on any atom is -0.369 e. The lowest BCUT2D eigenvalue weighted by atomic mass is 9.94. The van der Waals surface area contributed by atoms with Crippen LogP contribution < -0.4 is 5.32 Å². The van der Waals surface area contributed by atoms with Crippen LogP contribution in [0.1, 0.15) is 31.5 Å². The highest BCUT2D eigenvalue weighted by atomic mass is 16.5. The molecule has 0 aromatic carbocycles. The summed E-state index contributed by atoms with van der Waals surface area (Å²) in [6.07, 6.45) is 4.74. The summed E-state index contributed by atoms with van der Waals surface area (Å²) in [4.78, 5) is 11.6. The zero-order chi connectivity index (χ0) is 12.3. The molecule has 2 N–H and O–H groups in total. The van der Waals surface area contributed by atoms with Crippen LogP contribution in [0.3, 0.4) is 0 Å². The maximum absolute atomic E-state index is 11.6. The van der Waals surface area contributed by atoms with Gasteiger partial charge in [0.2, 0.25) is 5.91 Å². The van der Waals surface area contributed by atoms with Crippen molar-refractivity contribution in [3.8, 4) is 0 Å². The summed E-state index contributed by atoms with van der Waals surface area (Å²) in [5, 5.41) is 9.99. The van der Waals surface area contributed by atoms with Gasteiger partial charge in [-0.15, -0.1) is 0 Å². The molecule has 1 aliphatic carbocycles. The van der Waals surface area contributed by atoms with Gasteiger partial charge in [-0.1, -0.05) is 0 Å². The molecule has 94 valence electrons. The van der Waals surface area contributed by atoms with Gasteiger partial charge in [0, 0.05) is 18.2 Å². The predicted molar refractivity (Wildman–Crippen MR) is 63.6 cm³/mol. The van der Waals surface area contributed by atoms with Crippen LogP contribution >= 0.6 is 0 Å². The minimum absolute atomic E-state index is 0.0355. The van der Waals surface area contributed by atoms with Crippen molar-refractivity contribution in [2.75, 3.05) is 6.61 Å². The summed E-state index contributed by atoms with van der Waals surface area (Å²) in [6, 6.07) is 0.200. The number of H-pyrrole nitrogens is 1. The third-order valence-corrected chi connectivity index (χ3v) is 2.93. The van der Waals surface area contributed by atoms with E-state index in [9.17, 15) is 4.79 Å². The number of fused-ring (bicyclic) bond motifs is 1. The number of nitrogens with one attached hydrogen (secondary N) is 2. The summed E-state index contributed by atoms with van der Waals surface area (Å²) < 4.78 is 5.27.